The maximum atomic E-state index is 13.0. The molecule has 2 aromatic carbocycles. The number of anilines is 1. The fourth-order valence-corrected chi connectivity index (χ4v) is 4.28. The molecule has 1 fully saturated rings. The minimum Gasteiger partial charge on any atom is -0.467 e. The number of carbonyl (C=O) groups excluding carboxylic acids is 1. The Morgan fingerprint density at radius 1 is 0.938 bits per heavy atom. The molecular weight excluding hydrogens is 402 g/mol. The topological polar surface area (TPSA) is 63.5 Å². The fourth-order valence-electron chi connectivity index (χ4n) is 4.28. The Morgan fingerprint density at radius 3 is 2.44 bits per heavy atom. The molecule has 1 saturated heterocycles. The number of fused-ring (bicyclic) bond motifs is 1. The van der Waals surface area contributed by atoms with Crippen molar-refractivity contribution in [1.82, 2.24) is 19.4 Å². The summed E-state index contributed by atoms with van der Waals surface area (Å²) < 4.78 is 7.11. The van der Waals surface area contributed by atoms with Crippen LogP contribution in [0.2, 0.25) is 0 Å². The van der Waals surface area contributed by atoms with Crippen LogP contribution in [0.3, 0.4) is 0 Å². The van der Waals surface area contributed by atoms with E-state index >= 15 is 0 Å². The molecule has 0 atom stereocenters. The van der Waals surface area contributed by atoms with Gasteiger partial charge < -0.3 is 19.1 Å². The Labute approximate surface area is 186 Å². The van der Waals surface area contributed by atoms with E-state index in [4.69, 9.17) is 4.74 Å². The van der Waals surface area contributed by atoms with Gasteiger partial charge in [0.1, 0.15) is 6.54 Å². The third kappa shape index (κ3) is 3.89. The Bertz CT molecular complexity index is 1230. The summed E-state index contributed by atoms with van der Waals surface area (Å²) >= 11 is 0. The van der Waals surface area contributed by atoms with Gasteiger partial charge in [0.25, 0.3) is 0 Å². The minimum atomic E-state index is 0.155. The lowest BCUT2D eigenvalue weighted by atomic mass is 10.1. The first-order chi connectivity index (χ1) is 15.7. The molecule has 0 bridgehead atoms. The summed E-state index contributed by atoms with van der Waals surface area (Å²) in [6.45, 7) is 3.34. The molecule has 7 nitrogen and oxygen atoms in total. The smallest absolute Gasteiger partial charge is 0.316 e. The second-order valence-electron chi connectivity index (χ2n) is 7.85. The molecule has 1 aliphatic heterocycles. The van der Waals surface area contributed by atoms with Crippen LogP contribution in [0.4, 0.5) is 5.69 Å². The van der Waals surface area contributed by atoms with Crippen molar-refractivity contribution in [3.63, 3.8) is 0 Å². The number of hydrogen-bond acceptors (Lipinski definition) is 5. The van der Waals surface area contributed by atoms with Gasteiger partial charge in [0.15, 0.2) is 0 Å². The number of methoxy groups -OCH3 is 1. The van der Waals surface area contributed by atoms with E-state index in [0.29, 0.717) is 25.6 Å². The molecule has 0 radical (unpaired) electrons. The first-order valence-electron chi connectivity index (χ1n) is 10.7. The highest BCUT2D eigenvalue weighted by Gasteiger charge is 2.23. The highest BCUT2D eigenvalue weighted by molar-refractivity contribution is 5.83. The molecule has 0 N–H and O–H groups in total. The number of aromatic nitrogens is 3. The minimum absolute atomic E-state index is 0.155. The first kappa shape index (κ1) is 20.1. The average Bonchev–Trinajstić information content (AvgIpc) is 3.27. The predicted octanol–water partition coefficient (Wildman–Crippen LogP) is 3.46. The van der Waals surface area contributed by atoms with Crippen LogP contribution in [0.25, 0.3) is 22.0 Å². The highest BCUT2D eigenvalue weighted by Crippen LogP contribution is 2.31. The Kier molecular flexibility index (Phi) is 5.46. The van der Waals surface area contributed by atoms with E-state index in [1.54, 1.807) is 19.5 Å². The van der Waals surface area contributed by atoms with Crippen LogP contribution in [0.1, 0.15) is 0 Å². The Hall–Kier alpha value is -3.87. The first-order valence-corrected chi connectivity index (χ1v) is 10.7. The molecule has 1 aliphatic rings. The zero-order valence-corrected chi connectivity index (χ0v) is 18.0. The van der Waals surface area contributed by atoms with Gasteiger partial charge in [0.05, 0.1) is 7.11 Å². The summed E-state index contributed by atoms with van der Waals surface area (Å²) in [6.07, 6.45) is 5.56. The summed E-state index contributed by atoms with van der Waals surface area (Å²) in [5.41, 5.74) is 4.24. The van der Waals surface area contributed by atoms with Gasteiger partial charge in [-0.2, -0.15) is 0 Å². The number of rotatable bonds is 5. The highest BCUT2D eigenvalue weighted by atomic mass is 16.5. The van der Waals surface area contributed by atoms with Crippen LogP contribution in [-0.4, -0.2) is 58.6 Å². The van der Waals surface area contributed by atoms with Crippen LogP contribution >= 0.6 is 0 Å². The maximum Gasteiger partial charge on any atom is 0.316 e. The van der Waals surface area contributed by atoms with Crippen LogP contribution in [0.15, 0.2) is 73.2 Å². The van der Waals surface area contributed by atoms with Crippen molar-refractivity contribution >= 4 is 22.5 Å². The van der Waals surface area contributed by atoms with Gasteiger partial charge in [0.2, 0.25) is 5.91 Å². The number of para-hydroxylation sites is 2. The van der Waals surface area contributed by atoms with Crippen molar-refractivity contribution in [2.24, 2.45) is 0 Å². The average molecular weight is 428 g/mol. The molecule has 0 unspecified atom stereocenters. The Morgan fingerprint density at radius 2 is 1.66 bits per heavy atom. The zero-order chi connectivity index (χ0) is 21.9. The second kappa shape index (κ2) is 8.70. The van der Waals surface area contributed by atoms with Crippen molar-refractivity contribution in [2.75, 3.05) is 38.2 Å². The molecule has 0 aliphatic carbocycles. The van der Waals surface area contributed by atoms with Gasteiger partial charge in [-0.3, -0.25) is 4.79 Å². The monoisotopic (exact) mass is 427 g/mol. The number of carbonyl (C=O) groups is 1. The largest absolute Gasteiger partial charge is 0.467 e. The number of nitrogens with zero attached hydrogens (tertiary/aromatic N) is 5. The third-order valence-electron chi connectivity index (χ3n) is 5.98. The number of hydrogen-bond donors (Lipinski definition) is 0. The van der Waals surface area contributed by atoms with Crippen LogP contribution in [0, 0.1) is 0 Å². The summed E-state index contributed by atoms with van der Waals surface area (Å²) in [6, 6.07) is 18.8. The summed E-state index contributed by atoms with van der Waals surface area (Å²) in [5.74, 6) is 0.155. The number of benzene rings is 2. The lowest BCUT2D eigenvalue weighted by Gasteiger charge is -2.37. The standard InChI is InChI=1S/C25H25N5O2/c1-32-25-26-16-20(17-27-25)21-7-3-5-9-23(21)28-12-14-29(15-13-28)24(31)18-30-11-10-19-6-2-4-8-22(19)30/h2-11,16-17H,12-15,18H2,1H3. The van der Waals surface area contributed by atoms with Gasteiger partial charge in [-0.15, -0.1) is 0 Å². The molecule has 32 heavy (non-hydrogen) atoms. The summed E-state index contributed by atoms with van der Waals surface area (Å²) in [4.78, 5) is 25.7. The molecule has 7 heteroatoms. The van der Waals surface area contributed by atoms with Crippen molar-refractivity contribution in [1.29, 1.82) is 0 Å². The lowest BCUT2D eigenvalue weighted by molar-refractivity contribution is -0.132. The van der Waals surface area contributed by atoms with Crippen molar-refractivity contribution in [3.8, 4) is 17.1 Å². The van der Waals surface area contributed by atoms with E-state index in [-0.39, 0.29) is 5.91 Å². The quantitative estimate of drug-likeness (QED) is 0.488. The van der Waals surface area contributed by atoms with Crippen LogP contribution in [0.5, 0.6) is 6.01 Å². The number of piperazine rings is 1. The van der Waals surface area contributed by atoms with Crippen LogP contribution < -0.4 is 9.64 Å². The van der Waals surface area contributed by atoms with Crippen molar-refractivity contribution < 1.29 is 9.53 Å². The molecular formula is C25H25N5O2. The van der Waals surface area contributed by atoms with E-state index in [1.165, 1.54) is 0 Å². The predicted molar refractivity (Wildman–Crippen MR) is 125 cm³/mol. The molecule has 3 heterocycles. The lowest BCUT2D eigenvalue weighted by Crippen LogP contribution is -2.49. The number of amides is 1. The van der Waals surface area contributed by atoms with E-state index in [0.717, 1.165) is 40.8 Å². The second-order valence-corrected chi connectivity index (χ2v) is 7.85. The molecule has 2 aromatic heterocycles. The molecule has 0 saturated carbocycles. The number of ether oxygens (including phenoxy) is 1. The van der Waals surface area contributed by atoms with E-state index in [9.17, 15) is 4.79 Å². The van der Waals surface area contributed by atoms with Gasteiger partial charge in [-0.05, 0) is 23.6 Å². The van der Waals surface area contributed by atoms with E-state index in [2.05, 4.69) is 45.2 Å². The zero-order valence-electron chi connectivity index (χ0n) is 18.0. The molecule has 0 spiro atoms. The van der Waals surface area contributed by atoms with E-state index < -0.39 is 0 Å². The van der Waals surface area contributed by atoms with E-state index in [1.807, 2.05) is 39.9 Å². The molecule has 1 amide bonds. The fraction of sp³-hybridized carbons (Fsp3) is 0.240. The normalized spacial score (nSPS) is 14.0. The van der Waals surface area contributed by atoms with Gasteiger partial charge in [-0.1, -0.05) is 36.4 Å². The molecule has 162 valence electrons. The third-order valence-corrected chi connectivity index (χ3v) is 5.98. The van der Waals surface area contributed by atoms with Crippen molar-refractivity contribution in [3.05, 3.63) is 73.2 Å². The van der Waals surface area contributed by atoms with Gasteiger partial charge in [-0.25, -0.2) is 9.97 Å². The molecule has 5 rings (SSSR count). The van der Waals surface area contributed by atoms with Crippen molar-refractivity contribution in [2.45, 2.75) is 6.54 Å². The SMILES string of the molecule is COc1ncc(-c2ccccc2N2CCN(C(=O)Cn3ccc4ccccc43)CC2)cn1. The summed E-state index contributed by atoms with van der Waals surface area (Å²) in [7, 11) is 1.56. The maximum absolute atomic E-state index is 13.0. The summed E-state index contributed by atoms with van der Waals surface area (Å²) in [5, 5.41) is 1.16. The van der Waals surface area contributed by atoms with Gasteiger partial charge >= 0.3 is 6.01 Å². The van der Waals surface area contributed by atoms with Gasteiger partial charge in [0, 0.05) is 67.1 Å². The van der Waals surface area contributed by atoms with Crippen LogP contribution in [-0.2, 0) is 11.3 Å². The Balaban J connectivity index is 1.27. The molecule has 4 aromatic rings.